The van der Waals surface area contributed by atoms with Crippen LogP contribution in [0.25, 0.3) is 6.08 Å². The largest absolute Gasteiger partial charge is 0.506 e. The zero-order valence-corrected chi connectivity index (χ0v) is 8.25. The van der Waals surface area contributed by atoms with Gasteiger partial charge in [0.2, 0.25) is 0 Å². The number of carbonyl (C=O) groups is 1. The summed E-state index contributed by atoms with van der Waals surface area (Å²) in [6.45, 7) is 1.49. The minimum absolute atomic E-state index is 0.0169. The maximum Gasteiger partial charge on any atom is 0.331 e. The molecule has 1 aromatic rings. The van der Waals surface area contributed by atoms with Crippen LogP contribution in [-0.2, 0) is 4.79 Å². The van der Waals surface area contributed by atoms with E-state index in [1.54, 1.807) is 6.07 Å². The van der Waals surface area contributed by atoms with Crippen molar-refractivity contribution in [2.45, 2.75) is 6.92 Å². The Morgan fingerprint density at radius 2 is 2.14 bits per heavy atom. The van der Waals surface area contributed by atoms with Crippen molar-refractivity contribution >= 4 is 23.6 Å². The lowest BCUT2D eigenvalue weighted by Gasteiger charge is -1.99. The fraction of sp³-hybridized carbons (Fsp3) is 0.100. The maximum atomic E-state index is 10.5. The molecule has 0 fully saturated rings. The number of carboxylic acid groups (broad SMARTS) is 1. The van der Waals surface area contributed by atoms with Gasteiger partial charge >= 0.3 is 5.97 Å². The van der Waals surface area contributed by atoms with Crippen LogP contribution in [0.4, 0.5) is 0 Å². The molecule has 0 bridgehead atoms. The quantitative estimate of drug-likeness (QED) is 0.741. The molecule has 0 unspecified atom stereocenters. The first-order chi connectivity index (χ1) is 6.50. The minimum Gasteiger partial charge on any atom is -0.506 e. The smallest absolute Gasteiger partial charge is 0.331 e. The van der Waals surface area contributed by atoms with Crippen LogP contribution in [0.3, 0.4) is 0 Å². The number of aromatic hydroxyl groups is 1. The summed E-state index contributed by atoms with van der Waals surface area (Å²) in [4.78, 5) is 10.5. The molecule has 0 radical (unpaired) electrons. The first-order valence-electron chi connectivity index (χ1n) is 3.91. The molecule has 1 rings (SSSR count). The first-order valence-corrected chi connectivity index (χ1v) is 4.28. The van der Waals surface area contributed by atoms with E-state index in [9.17, 15) is 4.79 Å². The molecule has 4 heteroatoms. The number of halogens is 1. The number of aliphatic carboxylic acids is 1. The van der Waals surface area contributed by atoms with Crippen molar-refractivity contribution in [2.24, 2.45) is 0 Å². The molecule has 0 aliphatic rings. The van der Waals surface area contributed by atoms with Gasteiger partial charge in [0.1, 0.15) is 5.75 Å². The van der Waals surface area contributed by atoms with E-state index < -0.39 is 5.97 Å². The number of benzene rings is 1. The van der Waals surface area contributed by atoms with Crippen molar-refractivity contribution in [3.63, 3.8) is 0 Å². The number of phenolic OH excluding ortho intramolecular Hbond substituents is 1. The molecular weight excluding hydrogens is 204 g/mol. The normalized spacial score (nSPS) is 11.4. The second-order valence-corrected chi connectivity index (χ2v) is 3.25. The fourth-order valence-corrected chi connectivity index (χ4v) is 1.11. The SMILES string of the molecule is CC(=Cc1ccc(O)c(Cl)c1)C(=O)O. The molecule has 0 amide bonds. The van der Waals surface area contributed by atoms with E-state index in [0.717, 1.165) is 0 Å². The zero-order valence-electron chi connectivity index (χ0n) is 7.49. The average molecular weight is 213 g/mol. The minimum atomic E-state index is -0.978. The van der Waals surface area contributed by atoms with Crippen LogP contribution in [0.5, 0.6) is 5.75 Å². The summed E-state index contributed by atoms with van der Waals surface area (Å²) in [5.41, 5.74) is 0.861. The van der Waals surface area contributed by atoms with Gasteiger partial charge in [-0.25, -0.2) is 4.79 Å². The van der Waals surface area contributed by atoms with Crippen molar-refractivity contribution in [3.8, 4) is 5.75 Å². The molecule has 0 aliphatic carbocycles. The first kappa shape index (κ1) is 10.6. The van der Waals surface area contributed by atoms with Crippen LogP contribution in [0, 0.1) is 0 Å². The number of hydrogen-bond donors (Lipinski definition) is 2. The third-order valence-corrected chi connectivity index (χ3v) is 1.99. The summed E-state index contributed by atoms with van der Waals surface area (Å²) < 4.78 is 0. The summed E-state index contributed by atoms with van der Waals surface area (Å²) >= 11 is 5.65. The summed E-state index contributed by atoms with van der Waals surface area (Å²) in [5.74, 6) is -0.994. The van der Waals surface area contributed by atoms with Crippen molar-refractivity contribution in [1.29, 1.82) is 0 Å². The van der Waals surface area contributed by atoms with Crippen LogP contribution in [0.15, 0.2) is 23.8 Å². The Morgan fingerprint density at radius 3 is 2.64 bits per heavy atom. The van der Waals surface area contributed by atoms with Gasteiger partial charge in [0.05, 0.1) is 5.02 Å². The van der Waals surface area contributed by atoms with Crippen LogP contribution in [-0.4, -0.2) is 16.2 Å². The van der Waals surface area contributed by atoms with Gasteiger partial charge in [-0.2, -0.15) is 0 Å². The molecule has 0 heterocycles. The number of carboxylic acids is 1. The van der Waals surface area contributed by atoms with Gasteiger partial charge < -0.3 is 10.2 Å². The molecule has 2 N–H and O–H groups in total. The van der Waals surface area contributed by atoms with E-state index in [1.165, 1.54) is 25.1 Å². The highest BCUT2D eigenvalue weighted by Crippen LogP contribution is 2.24. The molecule has 0 atom stereocenters. The van der Waals surface area contributed by atoms with E-state index in [-0.39, 0.29) is 16.3 Å². The third kappa shape index (κ3) is 2.50. The number of hydrogen-bond acceptors (Lipinski definition) is 2. The molecule has 0 spiro atoms. The van der Waals surface area contributed by atoms with Gasteiger partial charge in [-0.05, 0) is 30.7 Å². The van der Waals surface area contributed by atoms with Crippen molar-refractivity contribution in [1.82, 2.24) is 0 Å². The Balaban J connectivity index is 3.04. The maximum absolute atomic E-state index is 10.5. The second-order valence-electron chi connectivity index (χ2n) is 2.84. The predicted molar refractivity (Wildman–Crippen MR) is 54.4 cm³/mol. The van der Waals surface area contributed by atoms with Gasteiger partial charge in [0.25, 0.3) is 0 Å². The highest BCUT2D eigenvalue weighted by atomic mass is 35.5. The summed E-state index contributed by atoms with van der Waals surface area (Å²) in [6, 6.07) is 4.51. The molecule has 14 heavy (non-hydrogen) atoms. The highest BCUT2D eigenvalue weighted by molar-refractivity contribution is 6.32. The summed E-state index contributed by atoms with van der Waals surface area (Å²) in [5, 5.41) is 17.9. The van der Waals surface area contributed by atoms with Crippen LogP contribution in [0.1, 0.15) is 12.5 Å². The molecule has 0 aliphatic heterocycles. The van der Waals surface area contributed by atoms with Crippen molar-refractivity contribution in [3.05, 3.63) is 34.4 Å². The third-order valence-electron chi connectivity index (χ3n) is 1.69. The Bertz CT molecular complexity index is 396. The van der Waals surface area contributed by atoms with Gasteiger partial charge in [0.15, 0.2) is 0 Å². The molecule has 0 saturated carbocycles. The summed E-state index contributed by atoms with van der Waals surface area (Å²) in [6.07, 6.45) is 1.48. The van der Waals surface area contributed by atoms with Crippen LogP contribution in [0.2, 0.25) is 5.02 Å². The van der Waals surface area contributed by atoms with E-state index in [2.05, 4.69) is 0 Å². The second kappa shape index (κ2) is 4.15. The Kier molecular flexibility index (Phi) is 3.14. The van der Waals surface area contributed by atoms with Gasteiger partial charge in [-0.15, -0.1) is 0 Å². The van der Waals surface area contributed by atoms with Gasteiger partial charge in [-0.3, -0.25) is 0 Å². The van der Waals surface area contributed by atoms with Crippen molar-refractivity contribution < 1.29 is 15.0 Å². The topological polar surface area (TPSA) is 57.5 Å². The number of rotatable bonds is 2. The monoisotopic (exact) mass is 212 g/mol. The molecular formula is C10H9ClO3. The van der Waals surface area contributed by atoms with E-state index in [0.29, 0.717) is 5.56 Å². The Labute approximate surface area is 86.3 Å². The van der Waals surface area contributed by atoms with Crippen molar-refractivity contribution in [2.75, 3.05) is 0 Å². The van der Waals surface area contributed by atoms with E-state index in [4.69, 9.17) is 21.8 Å². The standard InChI is InChI=1S/C10H9ClO3/c1-6(10(13)14)4-7-2-3-9(12)8(11)5-7/h2-5,12H,1H3,(H,13,14). The molecule has 3 nitrogen and oxygen atoms in total. The van der Waals surface area contributed by atoms with Crippen LogP contribution >= 0.6 is 11.6 Å². The van der Waals surface area contributed by atoms with E-state index in [1.807, 2.05) is 0 Å². The Hall–Kier alpha value is -1.48. The molecule has 0 saturated heterocycles. The predicted octanol–water partition coefficient (Wildman–Crippen LogP) is 2.53. The zero-order chi connectivity index (χ0) is 10.7. The van der Waals surface area contributed by atoms with E-state index >= 15 is 0 Å². The lowest BCUT2D eigenvalue weighted by molar-refractivity contribution is -0.132. The molecule has 0 aromatic heterocycles. The summed E-state index contributed by atoms with van der Waals surface area (Å²) in [7, 11) is 0. The Morgan fingerprint density at radius 1 is 1.50 bits per heavy atom. The average Bonchev–Trinajstić information content (AvgIpc) is 2.11. The lowest BCUT2D eigenvalue weighted by atomic mass is 10.1. The number of phenols is 1. The molecule has 74 valence electrons. The fourth-order valence-electron chi connectivity index (χ4n) is 0.925. The highest BCUT2D eigenvalue weighted by Gasteiger charge is 2.02. The molecule has 1 aromatic carbocycles. The van der Waals surface area contributed by atoms with Crippen LogP contribution < -0.4 is 0 Å². The lowest BCUT2D eigenvalue weighted by Crippen LogP contribution is -1.95. The van der Waals surface area contributed by atoms with Gasteiger partial charge in [-0.1, -0.05) is 17.7 Å². The van der Waals surface area contributed by atoms with Gasteiger partial charge in [0, 0.05) is 5.57 Å².